The van der Waals surface area contributed by atoms with Crippen LogP contribution < -0.4 is 9.80 Å². The highest BCUT2D eigenvalue weighted by atomic mass is 32.1. The second kappa shape index (κ2) is 16.8. The highest BCUT2D eigenvalue weighted by Gasteiger charge is 2.19. The van der Waals surface area contributed by atoms with Crippen molar-refractivity contribution < 1.29 is 0 Å². The van der Waals surface area contributed by atoms with Gasteiger partial charge in [-0.3, -0.25) is 0 Å². The number of nitrogens with zero attached hydrogens (tertiary/aromatic N) is 2. The number of anilines is 6. The number of rotatable bonds is 10. The van der Waals surface area contributed by atoms with Crippen LogP contribution in [0.4, 0.5) is 34.1 Å². The summed E-state index contributed by atoms with van der Waals surface area (Å²) in [5, 5.41) is 10.4. The molecule has 0 bridgehead atoms. The molecule has 326 valence electrons. The minimum Gasteiger partial charge on any atom is -0.310 e. The molecule has 66 heavy (non-hydrogen) atoms. The van der Waals surface area contributed by atoms with Gasteiger partial charge in [-0.1, -0.05) is 116 Å². The molecule has 0 aliphatic heterocycles. The van der Waals surface area contributed by atoms with Gasteiger partial charge in [0, 0.05) is 74.5 Å². The number of benzene rings is 9. The van der Waals surface area contributed by atoms with Crippen LogP contribution in [0.15, 0.2) is 170 Å². The standard InChI is InChI=1S/C62H56N2S2/c1-37(2)41-9-19-49(20-10-41)63(50-21-11-42(12-22-50)38(3)4)53-27-17-45-31-55-57-35-58-56-32-46-18-28-54(30-48(46)34-60(56)66-62(58)36-61(57)65-59(55)33-47(45)29-53)64(51-23-13-43(14-24-51)39(5)6)52-25-15-44(16-26-52)40(7)8/h9-40H,1-8H3. The zero-order chi connectivity index (χ0) is 45.4. The van der Waals surface area contributed by atoms with Gasteiger partial charge in [0.1, 0.15) is 0 Å². The Morgan fingerprint density at radius 2 is 0.530 bits per heavy atom. The summed E-state index contributed by atoms with van der Waals surface area (Å²) in [4.78, 5) is 4.80. The van der Waals surface area contributed by atoms with E-state index in [2.05, 4.69) is 235 Å². The normalized spacial score (nSPS) is 12.2. The Balaban J connectivity index is 0.974. The van der Waals surface area contributed by atoms with Crippen molar-refractivity contribution in [2.45, 2.75) is 79.1 Å². The lowest BCUT2D eigenvalue weighted by Crippen LogP contribution is -2.10. The second-order valence-corrected chi connectivity index (χ2v) is 21.6. The lowest BCUT2D eigenvalue weighted by molar-refractivity contribution is 0.866. The van der Waals surface area contributed by atoms with E-state index in [1.165, 1.54) is 107 Å². The molecule has 0 spiro atoms. The first-order valence-corrected chi connectivity index (χ1v) is 25.3. The third kappa shape index (κ3) is 7.60. The monoisotopic (exact) mass is 892 g/mol. The maximum Gasteiger partial charge on any atom is 0.0468 e. The van der Waals surface area contributed by atoms with Gasteiger partial charge >= 0.3 is 0 Å². The van der Waals surface area contributed by atoms with Gasteiger partial charge in [0.2, 0.25) is 0 Å². The lowest BCUT2D eigenvalue weighted by atomic mass is 10.0. The van der Waals surface area contributed by atoms with Crippen molar-refractivity contribution >= 4 is 119 Å². The van der Waals surface area contributed by atoms with E-state index >= 15 is 0 Å². The Bertz CT molecular complexity index is 3230. The highest BCUT2D eigenvalue weighted by molar-refractivity contribution is 7.28. The van der Waals surface area contributed by atoms with Crippen molar-refractivity contribution in [1.29, 1.82) is 0 Å². The first kappa shape index (κ1) is 42.2. The Morgan fingerprint density at radius 1 is 0.258 bits per heavy atom. The Labute approximate surface area is 397 Å². The maximum absolute atomic E-state index is 2.47. The van der Waals surface area contributed by atoms with Crippen LogP contribution in [-0.4, -0.2) is 0 Å². The van der Waals surface area contributed by atoms with E-state index in [4.69, 9.17) is 0 Å². The van der Waals surface area contributed by atoms with E-state index < -0.39 is 0 Å². The molecule has 0 atom stereocenters. The quantitative estimate of drug-likeness (QED) is 0.135. The zero-order valence-corrected chi connectivity index (χ0v) is 40.8. The van der Waals surface area contributed by atoms with Crippen LogP contribution >= 0.6 is 22.7 Å². The number of thiophene rings is 2. The molecule has 11 rings (SSSR count). The molecule has 0 unspecified atom stereocenters. The summed E-state index contributed by atoms with van der Waals surface area (Å²) in [5.74, 6) is 1.95. The molecule has 4 heteroatoms. The van der Waals surface area contributed by atoms with Gasteiger partial charge in [0.05, 0.1) is 0 Å². The summed E-state index contributed by atoms with van der Waals surface area (Å²) < 4.78 is 5.33. The lowest BCUT2D eigenvalue weighted by Gasteiger charge is -2.26. The van der Waals surface area contributed by atoms with E-state index in [-0.39, 0.29) is 0 Å². The molecule has 0 fully saturated rings. The second-order valence-electron chi connectivity index (χ2n) is 19.5. The van der Waals surface area contributed by atoms with Crippen LogP contribution in [0.25, 0.3) is 61.9 Å². The molecule has 0 saturated heterocycles. The van der Waals surface area contributed by atoms with Gasteiger partial charge in [-0.05, 0) is 177 Å². The molecule has 0 amide bonds. The van der Waals surface area contributed by atoms with Crippen molar-refractivity contribution in [1.82, 2.24) is 0 Å². The third-order valence-electron chi connectivity index (χ3n) is 13.7. The van der Waals surface area contributed by atoms with Gasteiger partial charge in [0.15, 0.2) is 0 Å². The highest BCUT2D eigenvalue weighted by Crippen LogP contribution is 2.46. The Hall–Kier alpha value is -6.46. The topological polar surface area (TPSA) is 6.48 Å². The van der Waals surface area contributed by atoms with Crippen molar-refractivity contribution in [2.24, 2.45) is 0 Å². The predicted molar refractivity (Wildman–Crippen MR) is 293 cm³/mol. The number of hydrogen-bond donors (Lipinski definition) is 0. The van der Waals surface area contributed by atoms with Gasteiger partial charge in [-0.15, -0.1) is 22.7 Å². The van der Waals surface area contributed by atoms with Crippen LogP contribution in [0, 0.1) is 0 Å². The summed E-state index contributed by atoms with van der Waals surface area (Å²) >= 11 is 3.83. The predicted octanol–water partition coefficient (Wildman–Crippen LogP) is 20.2. The molecule has 0 N–H and O–H groups in total. The fraction of sp³-hybridized carbons (Fsp3) is 0.194. The molecule has 0 aliphatic carbocycles. The molecule has 2 heterocycles. The Kier molecular flexibility index (Phi) is 10.7. The van der Waals surface area contributed by atoms with Crippen LogP contribution in [0.2, 0.25) is 0 Å². The largest absolute Gasteiger partial charge is 0.310 e. The van der Waals surface area contributed by atoms with Crippen molar-refractivity contribution in [3.05, 3.63) is 192 Å². The summed E-state index contributed by atoms with van der Waals surface area (Å²) in [6.07, 6.45) is 0. The molecule has 9 aromatic carbocycles. The first-order valence-electron chi connectivity index (χ1n) is 23.7. The Morgan fingerprint density at radius 3 is 0.833 bits per heavy atom. The molecule has 2 nitrogen and oxygen atoms in total. The van der Waals surface area contributed by atoms with Crippen molar-refractivity contribution in [2.75, 3.05) is 9.80 Å². The summed E-state index contributed by atoms with van der Waals surface area (Å²) in [6, 6.07) is 64.9. The van der Waals surface area contributed by atoms with Crippen LogP contribution in [0.5, 0.6) is 0 Å². The maximum atomic E-state index is 2.47. The molecule has 0 radical (unpaired) electrons. The van der Waals surface area contributed by atoms with Gasteiger partial charge in [-0.25, -0.2) is 0 Å². The minimum atomic E-state index is 0.486. The summed E-state index contributed by atoms with van der Waals surface area (Å²) in [6.45, 7) is 18.1. The van der Waals surface area contributed by atoms with Gasteiger partial charge in [-0.2, -0.15) is 0 Å². The van der Waals surface area contributed by atoms with Gasteiger partial charge < -0.3 is 9.80 Å². The molecule has 0 aliphatic rings. The zero-order valence-electron chi connectivity index (χ0n) is 39.2. The van der Waals surface area contributed by atoms with Crippen LogP contribution in [0.3, 0.4) is 0 Å². The van der Waals surface area contributed by atoms with E-state index in [0.717, 1.165) is 11.4 Å². The van der Waals surface area contributed by atoms with Crippen molar-refractivity contribution in [3.63, 3.8) is 0 Å². The van der Waals surface area contributed by atoms with Gasteiger partial charge in [0.25, 0.3) is 0 Å². The molecule has 2 aromatic heterocycles. The van der Waals surface area contributed by atoms with E-state index in [9.17, 15) is 0 Å². The minimum absolute atomic E-state index is 0.486. The SMILES string of the molecule is CC(C)c1ccc(N(c2ccc(C(C)C)cc2)c2ccc3cc4c(cc3c2)sc2cc3sc5cc6cc(N(c7ccc(C(C)C)cc7)c7ccc(C(C)C)cc7)ccc6cc5c3cc24)cc1. The first-order chi connectivity index (χ1) is 31.9. The van der Waals surface area contributed by atoms with E-state index in [1.807, 2.05) is 22.7 Å². The smallest absolute Gasteiger partial charge is 0.0468 e. The van der Waals surface area contributed by atoms with Crippen LogP contribution in [-0.2, 0) is 0 Å². The molecular formula is C62H56N2S2. The van der Waals surface area contributed by atoms with Crippen LogP contribution in [0.1, 0.15) is 101 Å². The van der Waals surface area contributed by atoms with E-state index in [1.54, 1.807) is 0 Å². The molecule has 0 saturated carbocycles. The fourth-order valence-electron chi connectivity index (χ4n) is 9.71. The van der Waals surface area contributed by atoms with Crippen molar-refractivity contribution in [3.8, 4) is 0 Å². The number of hydrogen-bond acceptors (Lipinski definition) is 4. The molecule has 11 aromatic rings. The number of fused-ring (bicyclic) bond motifs is 8. The average Bonchev–Trinajstić information content (AvgIpc) is 3.85. The third-order valence-corrected chi connectivity index (χ3v) is 16.0. The summed E-state index contributed by atoms with van der Waals surface area (Å²) in [7, 11) is 0. The molecular weight excluding hydrogens is 837 g/mol. The average molecular weight is 893 g/mol. The summed E-state index contributed by atoms with van der Waals surface area (Å²) in [5.41, 5.74) is 12.4. The fourth-order valence-corrected chi connectivity index (χ4v) is 12.1. The van der Waals surface area contributed by atoms with E-state index in [0.29, 0.717) is 23.7 Å².